The zero-order valence-electron chi connectivity index (χ0n) is 20.1. The van der Waals surface area contributed by atoms with E-state index >= 15 is 0 Å². The van der Waals surface area contributed by atoms with Crippen LogP contribution in [0.2, 0.25) is 0 Å². The van der Waals surface area contributed by atoms with Gasteiger partial charge in [-0.2, -0.15) is 0 Å². The molecule has 6 N–H and O–H groups in total. The summed E-state index contributed by atoms with van der Waals surface area (Å²) >= 11 is 0. The minimum absolute atomic E-state index is 0.0694. The molecule has 0 aliphatic rings. The summed E-state index contributed by atoms with van der Waals surface area (Å²) in [6, 6.07) is -0.820. The van der Waals surface area contributed by atoms with E-state index in [1.807, 2.05) is 0 Å². The Morgan fingerprint density at radius 3 is 1.66 bits per heavy atom. The van der Waals surface area contributed by atoms with Crippen molar-refractivity contribution in [1.29, 1.82) is 0 Å². The number of carbonyl (C=O) groups excluding carboxylic acids is 1. The van der Waals surface area contributed by atoms with Crippen LogP contribution in [-0.2, 0) is 14.3 Å². The van der Waals surface area contributed by atoms with Gasteiger partial charge in [0, 0.05) is 26.1 Å². The third-order valence-corrected chi connectivity index (χ3v) is 4.96. The molecular formula is C23H48N2O7. The summed E-state index contributed by atoms with van der Waals surface area (Å²) in [6.07, 6.45) is 12.3. The van der Waals surface area contributed by atoms with E-state index in [1.165, 1.54) is 51.4 Å². The standard InChI is InChI=1S/C17H33NO4.C6H15NO3/c1-2-3-4-5-6-7-8-9-10-11-14-22-17(21)15(18)12-13-16(19)20;8-4-1-7(2-5-9)3-6-10/h15H,2-14,18H2,1H3,(H,19,20);8-10H,1-6H2/t15-;/m0./s1. The van der Waals surface area contributed by atoms with Gasteiger partial charge in [0.2, 0.25) is 0 Å². The Kier molecular flexibility index (Phi) is 26.7. The van der Waals surface area contributed by atoms with Crippen LogP contribution in [0.4, 0.5) is 0 Å². The van der Waals surface area contributed by atoms with E-state index in [9.17, 15) is 9.59 Å². The number of hydrogen-bond acceptors (Lipinski definition) is 8. The van der Waals surface area contributed by atoms with Crippen LogP contribution in [0.3, 0.4) is 0 Å². The summed E-state index contributed by atoms with van der Waals surface area (Å²) in [6.45, 7) is 4.37. The van der Waals surface area contributed by atoms with E-state index in [0.717, 1.165) is 12.8 Å². The lowest BCUT2D eigenvalue weighted by Crippen LogP contribution is -2.33. The fourth-order valence-corrected chi connectivity index (χ4v) is 3.03. The van der Waals surface area contributed by atoms with Crippen molar-refractivity contribution in [3.8, 4) is 0 Å². The Bertz CT molecular complexity index is 411. The van der Waals surface area contributed by atoms with E-state index in [1.54, 1.807) is 4.90 Å². The van der Waals surface area contributed by atoms with Gasteiger partial charge in [0.05, 0.1) is 26.4 Å². The first kappa shape index (κ1) is 32.9. The predicted octanol–water partition coefficient (Wildman–Crippen LogP) is 1.91. The number of carbonyl (C=O) groups is 2. The number of ether oxygens (including phenoxy) is 1. The number of aliphatic hydroxyl groups is 3. The molecule has 0 radical (unpaired) electrons. The van der Waals surface area contributed by atoms with Crippen LogP contribution in [-0.4, -0.2) is 89.4 Å². The summed E-state index contributed by atoms with van der Waals surface area (Å²) < 4.78 is 5.05. The second-order valence-corrected chi connectivity index (χ2v) is 7.90. The maximum absolute atomic E-state index is 11.5. The summed E-state index contributed by atoms with van der Waals surface area (Å²) in [5.41, 5.74) is 5.56. The van der Waals surface area contributed by atoms with Crippen LogP contribution < -0.4 is 5.73 Å². The van der Waals surface area contributed by atoms with E-state index in [2.05, 4.69) is 6.92 Å². The maximum Gasteiger partial charge on any atom is 0.322 e. The Balaban J connectivity index is 0. The number of nitrogens with zero attached hydrogens (tertiary/aromatic N) is 1. The first-order valence-corrected chi connectivity index (χ1v) is 12.1. The van der Waals surface area contributed by atoms with Gasteiger partial charge in [0.1, 0.15) is 6.04 Å². The molecule has 9 nitrogen and oxygen atoms in total. The van der Waals surface area contributed by atoms with Crippen LogP contribution in [0.15, 0.2) is 0 Å². The van der Waals surface area contributed by atoms with Crippen LogP contribution in [0.1, 0.15) is 84.0 Å². The fraction of sp³-hybridized carbons (Fsp3) is 0.913. The second kappa shape index (κ2) is 26.0. The molecule has 32 heavy (non-hydrogen) atoms. The molecule has 0 heterocycles. The largest absolute Gasteiger partial charge is 0.481 e. The van der Waals surface area contributed by atoms with Crippen molar-refractivity contribution in [2.45, 2.75) is 90.0 Å². The Labute approximate surface area is 193 Å². The van der Waals surface area contributed by atoms with E-state index in [-0.39, 0.29) is 32.7 Å². The topological polar surface area (TPSA) is 154 Å². The number of unbranched alkanes of at least 4 members (excludes halogenated alkanes) is 9. The highest BCUT2D eigenvalue weighted by atomic mass is 16.5. The minimum Gasteiger partial charge on any atom is -0.481 e. The number of aliphatic hydroxyl groups excluding tert-OH is 3. The average molecular weight is 465 g/mol. The monoisotopic (exact) mass is 464 g/mol. The van der Waals surface area contributed by atoms with Gasteiger partial charge in [0.25, 0.3) is 0 Å². The van der Waals surface area contributed by atoms with Gasteiger partial charge in [-0.1, -0.05) is 64.7 Å². The first-order valence-electron chi connectivity index (χ1n) is 12.1. The molecule has 0 aliphatic carbocycles. The number of carboxylic acid groups (broad SMARTS) is 1. The van der Waals surface area contributed by atoms with Crippen LogP contribution >= 0.6 is 0 Å². The molecule has 192 valence electrons. The van der Waals surface area contributed by atoms with Crippen LogP contribution in [0, 0.1) is 0 Å². The lowest BCUT2D eigenvalue weighted by molar-refractivity contribution is -0.145. The van der Waals surface area contributed by atoms with Gasteiger partial charge in [-0.15, -0.1) is 0 Å². The van der Waals surface area contributed by atoms with Gasteiger partial charge < -0.3 is 30.9 Å². The highest BCUT2D eigenvalue weighted by Crippen LogP contribution is 2.10. The number of hydrogen-bond donors (Lipinski definition) is 5. The van der Waals surface area contributed by atoms with Gasteiger partial charge in [-0.25, -0.2) is 0 Å². The van der Waals surface area contributed by atoms with Crippen molar-refractivity contribution < 1.29 is 34.8 Å². The highest BCUT2D eigenvalue weighted by Gasteiger charge is 2.15. The normalized spacial score (nSPS) is 11.7. The Morgan fingerprint density at radius 2 is 1.25 bits per heavy atom. The van der Waals surface area contributed by atoms with Crippen molar-refractivity contribution >= 4 is 11.9 Å². The minimum atomic E-state index is -0.946. The average Bonchev–Trinajstić information content (AvgIpc) is 2.76. The van der Waals surface area contributed by atoms with Crippen LogP contribution in [0.25, 0.3) is 0 Å². The molecule has 0 aromatic heterocycles. The Hall–Kier alpha value is -1.26. The molecule has 0 unspecified atom stereocenters. The van der Waals surface area contributed by atoms with Crippen molar-refractivity contribution in [2.24, 2.45) is 5.73 Å². The molecular weight excluding hydrogens is 416 g/mol. The van der Waals surface area contributed by atoms with Crippen molar-refractivity contribution in [2.75, 3.05) is 46.1 Å². The first-order chi connectivity index (χ1) is 15.4. The number of esters is 1. The zero-order chi connectivity index (χ0) is 24.5. The Morgan fingerprint density at radius 1 is 0.812 bits per heavy atom. The third kappa shape index (κ3) is 25.0. The van der Waals surface area contributed by atoms with Crippen molar-refractivity contribution in [3.63, 3.8) is 0 Å². The van der Waals surface area contributed by atoms with Gasteiger partial charge >= 0.3 is 11.9 Å². The lowest BCUT2D eigenvalue weighted by atomic mass is 10.1. The zero-order valence-corrected chi connectivity index (χ0v) is 20.1. The molecule has 0 amide bonds. The molecule has 1 atom stereocenters. The fourth-order valence-electron chi connectivity index (χ4n) is 3.03. The molecule has 0 bridgehead atoms. The molecule has 0 fully saturated rings. The smallest absolute Gasteiger partial charge is 0.322 e. The molecule has 0 saturated heterocycles. The number of carboxylic acids is 1. The molecule has 0 spiro atoms. The quantitative estimate of drug-likeness (QED) is 0.127. The molecule has 0 rings (SSSR count). The number of nitrogens with two attached hydrogens (primary N) is 1. The summed E-state index contributed by atoms with van der Waals surface area (Å²) in [5, 5.41) is 34.0. The lowest BCUT2D eigenvalue weighted by Gasteiger charge is -2.17. The van der Waals surface area contributed by atoms with E-state index < -0.39 is 18.0 Å². The molecule has 0 saturated carbocycles. The molecule has 0 aliphatic heterocycles. The summed E-state index contributed by atoms with van der Waals surface area (Å²) in [7, 11) is 0. The maximum atomic E-state index is 11.5. The molecule has 9 heteroatoms. The van der Waals surface area contributed by atoms with Gasteiger partial charge in [-0.05, 0) is 12.8 Å². The van der Waals surface area contributed by atoms with Gasteiger partial charge in [-0.3, -0.25) is 14.5 Å². The molecule has 0 aromatic rings. The van der Waals surface area contributed by atoms with Gasteiger partial charge in [0.15, 0.2) is 0 Å². The summed E-state index contributed by atoms with van der Waals surface area (Å²) in [5.74, 6) is -1.44. The highest BCUT2D eigenvalue weighted by molar-refractivity contribution is 5.76. The number of aliphatic carboxylic acids is 1. The SMILES string of the molecule is CCCCCCCCCCCCOC(=O)[C@@H](N)CCC(=O)O.OCCN(CCO)CCO. The van der Waals surface area contributed by atoms with E-state index in [4.69, 9.17) is 30.9 Å². The van der Waals surface area contributed by atoms with Crippen molar-refractivity contribution in [1.82, 2.24) is 4.90 Å². The third-order valence-electron chi connectivity index (χ3n) is 4.96. The molecule has 0 aromatic carbocycles. The predicted molar refractivity (Wildman–Crippen MR) is 125 cm³/mol. The van der Waals surface area contributed by atoms with Crippen LogP contribution in [0.5, 0.6) is 0 Å². The summed E-state index contributed by atoms with van der Waals surface area (Å²) in [4.78, 5) is 23.6. The van der Waals surface area contributed by atoms with E-state index in [0.29, 0.717) is 26.2 Å². The van der Waals surface area contributed by atoms with Crippen molar-refractivity contribution in [3.05, 3.63) is 0 Å². The number of rotatable bonds is 21. The second-order valence-electron chi connectivity index (χ2n) is 7.90.